The summed E-state index contributed by atoms with van der Waals surface area (Å²) in [5.74, 6) is 1.04. The molecule has 0 saturated heterocycles. The van der Waals surface area contributed by atoms with E-state index in [9.17, 15) is 0 Å². The van der Waals surface area contributed by atoms with Gasteiger partial charge in [-0.25, -0.2) is 0 Å². The SMILES string of the molecule is CCN[C@H]1C[C@@H](Oc2cccc(CCC(C)(C)C)c2)C1. The van der Waals surface area contributed by atoms with Crippen molar-refractivity contribution < 1.29 is 4.74 Å². The van der Waals surface area contributed by atoms with E-state index in [4.69, 9.17) is 4.74 Å². The Kier molecular flexibility index (Phi) is 5.09. The van der Waals surface area contributed by atoms with Crippen LogP contribution in [0.4, 0.5) is 0 Å². The van der Waals surface area contributed by atoms with Crippen LogP contribution in [0.3, 0.4) is 0 Å². The third-order valence-electron chi connectivity index (χ3n) is 3.95. The third kappa shape index (κ3) is 4.82. The van der Waals surface area contributed by atoms with Crippen molar-refractivity contribution in [1.82, 2.24) is 5.32 Å². The maximum absolute atomic E-state index is 6.06. The number of hydrogen-bond donors (Lipinski definition) is 1. The van der Waals surface area contributed by atoms with Crippen molar-refractivity contribution >= 4 is 0 Å². The van der Waals surface area contributed by atoms with Crippen LogP contribution in [0, 0.1) is 5.41 Å². The van der Waals surface area contributed by atoms with Gasteiger partial charge < -0.3 is 10.1 Å². The van der Waals surface area contributed by atoms with Crippen molar-refractivity contribution in [1.29, 1.82) is 0 Å². The van der Waals surface area contributed by atoms with Gasteiger partial charge >= 0.3 is 0 Å². The molecule has 20 heavy (non-hydrogen) atoms. The first-order valence-corrected chi connectivity index (χ1v) is 7.95. The molecule has 0 bridgehead atoms. The summed E-state index contributed by atoms with van der Waals surface area (Å²) < 4.78 is 6.06. The Balaban J connectivity index is 1.81. The van der Waals surface area contributed by atoms with Crippen molar-refractivity contribution in [2.75, 3.05) is 6.54 Å². The third-order valence-corrected chi connectivity index (χ3v) is 3.95. The number of rotatable bonds is 6. The summed E-state index contributed by atoms with van der Waals surface area (Å²) in [4.78, 5) is 0. The molecule has 1 N–H and O–H groups in total. The van der Waals surface area contributed by atoms with Gasteiger partial charge in [-0.15, -0.1) is 0 Å². The first kappa shape index (κ1) is 15.4. The van der Waals surface area contributed by atoms with E-state index in [-0.39, 0.29) is 0 Å². The average molecular weight is 275 g/mol. The lowest BCUT2D eigenvalue weighted by Gasteiger charge is -2.35. The molecule has 1 saturated carbocycles. The Hall–Kier alpha value is -1.02. The van der Waals surface area contributed by atoms with Gasteiger partial charge in [0.1, 0.15) is 11.9 Å². The van der Waals surface area contributed by atoms with E-state index in [0.29, 0.717) is 17.6 Å². The minimum atomic E-state index is 0.393. The molecule has 2 heteroatoms. The van der Waals surface area contributed by atoms with Crippen LogP contribution in [0.5, 0.6) is 5.75 Å². The zero-order valence-corrected chi connectivity index (χ0v) is 13.4. The van der Waals surface area contributed by atoms with E-state index >= 15 is 0 Å². The van der Waals surface area contributed by atoms with Crippen LogP contribution in [0.25, 0.3) is 0 Å². The predicted octanol–water partition coefficient (Wildman–Crippen LogP) is 4.18. The van der Waals surface area contributed by atoms with Gasteiger partial charge in [0, 0.05) is 6.04 Å². The zero-order valence-electron chi connectivity index (χ0n) is 13.4. The van der Waals surface area contributed by atoms with Crippen molar-refractivity contribution in [3.8, 4) is 5.75 Å². The summed E-state index contributed by atoms with van der Waals surface area (Å²) in [6.07, 6.45) is 5.02. The quantitative estimate of drug-likeness (QED) is 0.840. The summed E-state index contributed by atoms with van der Waals surface area (Å²) in [5, 5.41) is 3.47. The Labute approximate surface area is 123 Å². The van der Waals surface area contributed by atoms with Crippen LogP contribution < -0.4 is 10.1 Å². The summed E-state index contributed by atoms with van der Waals surface area (Å²) in [5.41, 5.74) is 1.78. The Bertz CT molecular complexity index is 416. The highest BCUT2D eigenvalue weighted by Crippen LogP contribution is 2.27. The first-order valence-electron chi connectivity index (χ1n) is 7.95. The number of nitrogens with one attached hydrogen (secondary N) is 1. The number of ether oxygens (including phenoxy) is 1. The van der Waals surface area contributed by atoms with E-state index in [2.05, 4.69) is 57.3 Å². The second kappa shape index (κ2) is 6.62. The van der Waals surface area contributed by atoms with Crippen LogP contribution >= 0.6 is 0 Å². The lowest BCUT2D eigenvalue weighted by atomic mass is 9.88. The molecular formula is C18H29NO. The minimum absolute atomic E-state index is 0.393. The maximum Gasteiger partial charge on any atom is 0.119 e. The molecule has 0 spiro atoms. The maximum atomic E-state index is 6.06. The molecule has 2 rings (SSSR count). The monoisotopic (exact) mass is 275 g/mol. The second-order valence-electron chi connectivity index (χ2n) is 7.17. The van der Waals surface area contributed by atoms with Gasteiger partial charge in [0.2, 0.25) is 0 Å². The van der Waals surface area contributed by atoms with Crippen molar-refractivity contribution in [3.05, 3.63) is 29.8 Å². The molecule has 0 heterocycles. The highest BCUT2D eigenvalue weighted by atomic mass is 16.5. The molecule has 1 aliphatic rings. The summed E-state index contributed by atoms with van der Waals surface area (Å²) in [6, 6.07) is 9.29. The number of benzene rings is 1. The molecule has 0 aromatic heterocycles. The first-order chi connectivity index (χ1) is 9.46. The summed E-state index contributed by atoms with van der Waals surface area (Å²) in [6.45, 7) is 10.1. The molecule has 1 aromatic carbocycles. The zero-order chi connectivity index (χ0) is 14.6. The fourth-order valence-corrected chi connectivity index (χ4v) is 2.60. The fourth-order valence-electron chi connectivity index (χ4n) is 2.60. The van der Waals surface area contributed by atoms with E-state index < -0.39 is 0 Å². The van der Waals surface area contributed by atoms with Gasteiger partial charge in [-0.3, -0.25) is 0 Å². The molecule has 0 unspecified atom stereocenters. The predicted molar refractivity (Wildman–Crippen MR) is 85.3 cm³/mol. The molecule has 0 radical (unpaired) electrons. The van der Waals surface area contributed by atoms with E-state index in [1.165, 1.54) is 12.0 Å². The number of aryl methyl sites for hydroxylation is 1. The van der Waals surface area contributed by atoms with Gasteiger partial charge in [-0.05, 0) is 55.3 Å². The van der Waals surface area contributed by atoms with Crippen LogP contribution in [0.15, 0.2) is 24.3 Å². The molecule has 112 valence electrons. The lowest BCUT2D eigenvalue weighted by molar-refractivity contribution is 0.0859. The standard InChI is InChI=1S/C18H29NO/c1-5-19-15-12-17(13-15)20-16-8-6-7-14(11-16)9-10-18(2,3)4/h6-8,11,15,17,19H,5,9-10,12-13H2,1-4H3/t15-,17+. The van der Waals surface area contributed by atoms with Crippen LogP contribution in [-0.4, -0.2) is 18.7 Å². The molecule has 0 atom stereocenters. The van der Waals surface area contributed by atoms with E-state index in [1.807, 2.05) is 0 Å². The largest absolute Gasteiger partial charge is 0.490 e. The topological polar surface area (TPSA) is 21.3 Å². The highest BCUT2D eigenvalue weighted by molar-refractivity contribution is 5.29. The average Bonchev–Trinajstić information content (AvgIpc) is 2.34. The van der Waals surface area contributed by atoms with Gasteiger partial charge in [-0.2, -0.15) is 0 Å². The van der Waals surface area contributed by atoms with Crippen molar-refractivity contribution in [3.63, 3.8) is 0 Å². The Morgan fingerprint density at radius 2 is 2.00 bits per heavy atom. The Morgan fingerprint density at radius 3 is 2.65 bits per heavy atom. The van der Waals surface area contributed by atoms with Crippen molar-refractivity contribution in [2.24, 2.45) is 5.41 Å². The lowest BCUT2D eigenvalue weighted by Crippen LogP contribution is -2.46. The van der Waals surface area contributed by atoms with Gasteiger partial charge in [-0.1, -0.05) is 39.8 Å². The van der Waals surface area contributed by atoms with Crippen molar-refractivity contribution in [2.45, 2.75) is 65.5 Å². The fraction of sp³-hybridized carbons (Fsp3) is 0.667. The van der Waals surface area contributed by atoms with E-state index in [1.54, 1.807) is 0 Å². The second-order valence-corrected chi connectivity index (χ2v) is 7.17. The van der Waals surface area contributed by atoms with Gasteiger partial charge in [0.05, 0.1) is 0 Å². The molecule has 1 fully saturated rings. The smallest absolute Gasteiger partial charge is 0.119 e. The van der Waals surface area contributed by atoms with Crippen LogP contribution in [0.2, 0.25) is 0 Å². The molecular weight excluding hydrogens is 246 g/mol. The highest BCUT2D eigenvalue weighted by Gasteiger charge is 2.29. The van der Waals surface area contributed by atoms with Crippen LogP contribution in [0.1, 0.15) is 52.5 Å². The Morgan fingerprint density at radius 1 is 1.25 bits per heavy atom. The normalized spacial score (nSPS) is 22.4. The molecule has 1 aromatic rings. The molecule has 2 nitrogen and oxygen atoms in total. The summed E-state index contributed by atoms with van der Waals surface area (Å²) in [7, 11) is 0. The summed E-state index contributed by atoms with van der Waals surface area (Å²) >= 11 is 0. The number of hydrogen-bond acceptors (Lipinski definition) is 2. The molecule has 0 aliphatic heterocycles. The van der Waals surface area contributed by atoms with Crippen LogP contribution in [-0.2, 0) is 6.42 Å². The van der Waals surface area contributed by atoms with E-state index in [0.717, 1.165) is 31.6 Å². The molecule has 0 amide bonds. The minimum Gasteiger partial charge on any atom is -0.490 e. The van der Waals surface area contributed by atoms with Gasteiger partial charge in [0.25, 0.3) is 0 Å². The van der Waals surface area contributed by atoms with Gasteiger partial charge in [0.15, 0.2) is 0 Å². The molecule has 1 aliphatic carbocycles.